The molecule has 10 heteroatoms. The van der Waals surface area contributed by atoms with Crippen LogP contribution in [0.5, 0.6) is 5.75 Å². The highest BCUT2D eigenvalue weighted by atomic mass is 32.2. The summed E-state index contributed by atoms with van der Waals surface area (Å²) in [6.07, 6.45) is 1.07. The van der Waals surface area contributed by atoms with Crippen LogP contribution in [0.25, 0.3) is 0 Å². The third-order valence-corrected chi connectivity index (χ3v) is 5.92. The Labute approximate surface area is 166 Å². The average molecular weight is 420 g/mol. The Morgan fingerprint density at radius 2 is 1.83 bits per heavy atom. The van der Waals surface area contributed by atoms with Crippen LogP contribution in [0.2, 0.25) is 0 Å². The number of nitrogens with zero attached hydrogens (tertiary/aromatic N) is 3. The minimum Gasteiger partial charge on any atom is -0.497 e. The molecule has 0 bridgehead atoms. The molecule has 29 heavy (non-hydrogen) atoms. The lowest BCUT2D eigenvalue weighted by Crippen LogP contribution is -2.33. The van der Waals surface area contributed by atoms with Crippen molar-refractivity contribution in [3.63, 3.8) is 0 Å². The largest absolute Gasteiger partial charge is 0.497 e. The van der Waals surface area contributed by atoms with Crippen molar-refractivity contribution in [1.29, 1.82) is 0 Å². The second-order valence-electron chi connectivity index (χ2n) is 6.14. The zero-order valence-corrected chi connectivity index (χ0v) is 16.5. The topological polar surface area (TPSA) is 98.4 Å². The van der Waals surface area contributed by atoms with Gasteiger partial charge in [0, 0.05) is 5.56 Å². The number of hydrogen-bond donors (Lipinski definition) is 1. The molecular formula is C19H18F2N4O3S. The third kappa shape index (κ3) is 4.11. The van der Waals surface area contributed by atoms with Gasteiger partial charge in [-0.1, -0.05) is 18.2 Å². The number of ether oxygens (including phenoxy) is 1. The third-order valence-electron chi connectivity index (χ3n) is 4.25. The zero-order valence-electron chi connectivity index (χ0n) is 15.6. The number of benzene rings is 1. The van der Waals surface area contributed by atoms with Gasteiger partial charge in [0.05, 0.1) is 25.5 Å². The summed E-state index contributed by atoms with van der Waals surface area (Å²) in [7, 11) is -3.02. The Bertz CT molecular complexity index is 1140. The Morgan fingerprint density at radius 1 is 1.14 bits per heavy atom. The molecule has 0 aliphatic rings. The van der Waals surface area contributed by atoms with Crippen LogP contribution in [0.1, 0.15) is 11.1 Å². The Morgan fingerprint density at radius 3 is 2.45 bits per heavy atom. The van der Waals surface area contributed by atoms with Gasteiger partial charge in [-0.05, 0) is 36.8 Å². The van der Waals surface area contributed by atoms with Crippen LogP contribution in [0.15, 0.2) is 53.7 Å². The summed E-state index contributed by atoms with van der Waals surface area (Å²) in [6.45, 7) is 1.12. The number of anilines is 2. The van der Waals surface area contributed by atoms with E-state index in [1.54, 1.807) is 24.3 Å². The fourth-order valence-electron chi connectivity index (χ4n) is 2.58. The minimum atomic E-state index is -4.52. The van der Waals surface area contributed by atoms with Gasteiger partial charge in [0.1, 0.15) is 11.6 Å². The van der Waals surface area contributed by atoms with Crippen molar-refractivity contribution in [2.24, 2.45) is 0 Å². The Hall–Kier alpha value is -3.27. The maximum absolute atomic E-state index is 14.7. The standard InChI is InChI=1S/C19H18F2N4O3S/c1-12-15(22)10-23-19(18(12)21)29(26,27)25(17-5-3-4-16(20)24-17)11-13-6-8-14(28-2)9-7-13/h3-10H,11,22H2,1-2H3. The lowest BCUT2D eigenvalue weighted by atomic mass is 10.2. The molecule has 2 N–H and O–H groups in total. The first-order chi connectivity index (χ1) is 13.7. The molecule has 152 valence electrons. The van der Waals surface area contributed by atoms with Gasteiger partial charge in [0.25, 0.3) is 10.0 Å². The van der Waals surface area contributed by atoms with E-state index in [1.165, 1.54) is 26.2 Å². The molecule has 0 aliphatic heterocycles. The average Bonchev–Trinajstić information content (AvgIpc) is 2.70. The van der Waals surface area contributed by atoms with Gasteiger partial charge in [-0.3, -0.25) is 0 Å². The minimum absolute atomic E-state index is 0.0204. The highest BCUT2D eigenvalue weighted by molar-refractivity contribution is 7.92. The summed E-state index contributed by atoms with van der Waals surface area (Å²) in [5.41, 5.74) is 6.13. The molecule has 0 saturated carbocycles. The predicted octanol–water partition coefficient (Wildman–Crippen LogP) is 3.05. The van der Waals surface area contributed by atoms with Gasteiger partial charge < -0.3 is 10.5 Å². The van der Waals surface area contributed by atoms with E-state index in [-0.39, 0.29) is 23.6 Å². The molecule has 0 radical (unpaired) electrons. The summed E-state index contributed by atoms with van der Waals surface area (Å²) in [4.78, 5) is 7.32. The SMILES string of the molecule is COc1ccc(CN(c2cccc(F)n2)S(=O)(=O)c2ncc(N)c(C)c2F)cc1. The maximum atomic E-state index is 14.7. The van der Waals surface area contributed by atoms with Crippen molar-refractivity contribution in [1.82, 2.24) is 9.97 Å². The van der Waals surface area contributed by atoms with Crippen molar-refractivity contribution < 1.29 is 21.9 Å². The van der Waals surface area contributed by atoms with Gasteiger partial charge in [0.2, 0.25) is 11.0 Å². The van der Waals surface area contributed by atoms with E-state index in [1.807, 2.05) is 0 Å². The Kier molecular flexibility index (Phi) is 5.64. The van der Waals surface area contributed by atoms with Crippen LogP contribution >= 0.6 is 0 Å². The van der Waals surface area contributed by atoms with Crippen LogP contribution in [-0.4, -0.2) is 25.5 Å². The molecule has 1 aromatic carbocycles. The number of sulfonamides is 1. The van der Waals surface area contributed by atoms with Crippen molar-refractivity contribution in [2.75, 3.05) is 17.1 Å². The second-order valence-corrected chi connectivity index (χ2v) is 7.91. The molecule has 0 atom stereocenters. The lowest BCUT2D eigenvalue weighted by molar-refractivity contribution is 0.414. The Balaban J connectivity index is 2.12. The normalized spacial score (nSPS) is 11.3. The molecular weight excluding hydrogens is 402 g/mol. The molecule has 0 saturated heterocycles. The van der Waals surface area contributed by atoms with Crippen molar-refractivity contribution in [2.45, 2.75) is 18.5 Å². The number of nitrogen functional groups attached to an aromatic ring is 1. The summed E-state index contributed by atoms with van der Waals surface area (Å²) in [5.74, 6) is -1.58. The van der Waals surface area contributed by atoms with Crippen LogP contribution in [-0.2, 0) is 16.6 Å². The molecule has 7 nitrogen and oxygen atoms in total. The summed E-state index contributed by atoms with van der Waals surface area (Å²) in [6, 6.07) is 10.3. The van der Waals surface area contributed by atoms with E-state index < -0.39 is 26.8 Å². The van der Waals surface area contributed by atoms with E-state index >= 15 is 0 Å². The first kappa shape index (κ1) is 20.5. The van der Waals surface area contributed by atoms with Crippen LogP contribution in [0, 0.1) is 18.7 Å². The maximum Gasteiger partial charge on any atom is 0.286 e. The second kappa shape index (κ2) is 8.00. The van der Waals surface area contributed by atoms with Crippen LogP contribution < -0.4 is 14.8 Å². The number of pyridine rings is 2. The number of rotatable bonds is 6. The number of hydrogen-bond acceptors (Lipinski definition) is 6. The fraction of sp³-hybridized carbons (Fsp3) is 0.158. The molecule has 2 heterocycles. The van der Waals surface area contributed by atoms with Gasteiger partial charge in [-0.2, -0.15) is 12.8 Å². The summed E-state index contributed by atoms with van der Waals surface area (Å²) >= 11 is 0. The number of aromatic nitrogens is 2. The van der Waals surface area contributed by atoms with E-state index in [4.69, 9.17) is 10.5 Å². The molecule has 0 amide bonds. The van der Waals surface area contributed by atoms with Crippen LogP contribution in [0.4, 0.5) is 20.3 Å². The van der Waals surface area contributed by atoms with Gasteiger partial charge in [-0.25, -0.2) is 18.7 Å². The molecule has 0 spiro atoms. The quantitative estimate of drug-likeness (QED) is 0.616. The fourth-order valence-corrected chi connectivity index (χ4v) is 4.02. The molecule has 0 aliphatic carbocycles. The number of halogens is 2. The summed E-state index contributed by atoms with van der Waals surface area (Å²) in [5, 5.41) is -0.816. The first-order valence-corrected chi connectivity index (χ1v) is 9.87. The smallest absolute Gasteiger partial charge is 0.286 e. The highest BCUT2D eigenvalue weighted by Crippen LogP contribution is 2.28. The van der Waals surface area contributed by atoms with Gasteiger partial charge in [-0.15, -0.1) is 0 Å². The lowest BCUT2D eigenvalue weighted by Gasteiger charge is -2.23. The summed E-state index contributed by atoms with van der Waals surface area (Å²) < 4.78 is 60.8. The molecule has 0 unspecified atom stereocenters. The highest BCUT2D eigenvalue weighted by Gasteiger charge is 2.32. The van der Waals surface area contributed by atoms with E-state index in [0.29, 0.717) is 11.3 Å². The molecule has 0 fully saturated rings. The number of methoxy groups -OCH3 is 1. The van der Waals surface area contributed by atoms with Gasteiger partial charge in [0.15, 0.2) is 5.82 Å². The van der Waals surface area contributed by atoms with Gasteiger partial charge >= 0.3 is 0 Å². The van der Waals surface area contributed by atoms with Crippen molar-refractivity contribution in [3.8, 4) is 5.75 Å². The molecule has 3 aromatic rings. The van der Waals surface area contributed by atoms with Crippen LogP contribution in [0.3, 0.4) is 0 Å². The number of nitrogens with two attached hydrogens (primary N) is 1. The molecule has 2 aromatic heterocycles. The van der Waals surface area contributed by atoms with Crippen molar-refractivity contribution in [3.05, 3.63) is 71.6 Å². The zero-order chi connectivity index (χ0) is 21.2. The monoisotopic (exact) mass is 420 g/mol. The van der Waals surface area contributed by atoms with E-state index in [9.17, 15) is 17.2 Å². The molecule has 3 rings (SSSR count). The van der Waals surface area contributed by atoms with Crippen molar-refractivity contribution >= 4 is 21.5 Å². The van der Waals surface area contributed by atoms with E-state index in [0.717, 1.165) is 16.6 Å². The first-order valence-electron chi connectivity index (χ1n) is 8.43. The predicted molar refractivity (Wildman–Crippen MR) is 104 cm³/mol. The van der Waals surface area contributed by atoms with E-state index in [2.05, 4.69) is 9.97 Å².